The SMILES string of the molecule is CCCNCC(N)C1CC1. The standard InChI is InChI=1S/C8H18N2/c1-2-5-10-6-8(9)7-3-4-7/h7-8,10H,2-6,9H2,1H3. The van der Waals surface area contributed by atoms with Gasteiger partial charge in [0.25, 0.3) is 0 Å². The first-order valence-corrected chi connectivity index (χ1v) is 4.31. The molecule has 0 aromatic carbocycles. The van der Waals surface area contributed by atoms with E-state index in [-0.39, 0.29) is 0 Å². The van der Waals surface area contributed by atoms with Gasteiger partial charge >= 0.3 is 0 Å². The zero-order valence-corrected chi connectivity index (χ0v) is 6.77. The van der Waals surface area contributed by atoms with Gasteiger partial charge in [-0.3, -0.25) is 0 Å². The van der Waals surface area contributed by atoms with Crippen LogP contribution >= 0.6 is 0 Å². The van der Waals surface area contributed by atoms with Crippen LogP contribution in [0.25, 0.3) is 0 Å². The van der Waals surface area contributed by atoms with Crippen LogP contribution in [-0.2, 0) is 0 Å². The molecule has 0 saturated heterocycles. The van der Waals surface area contributed by atoms with Crippen molar-refractivity contribution < 1.29 is 0 Å². The molecule has 1 rings (SSSR count). The molecule has 1 saturated carbocycles. The van der Waals surface area contributed by atoms with E-state index in [9.17, 15) is 0 Å². The minimum atomic E-state index is 0.423. The lowest BCUT2D eigenvalue weighted by atomic mass is 10.2. The molecule has 1 aliphatic rings. The van der Waals surface area contributed by atoms with Crippen molar-refractivity contribution in [2.75, 3.05) is 13.1 Å². The van der Waals surface area contributed by atoms with Crippen LogP contribution in [0, 0.1) is 5.92 Å². The Morgan fingerprint density at radius 2 is 2.30 bits per heavy atom. The maximum absolute atomic E-state index is 5.86. The first-order chi connectivity index (χ1) is 4.84. The highest BCUT2D eigenvalue weighted by atomic mass is 14.9. The first kappa shape index (κ1) is 8.02. The van der Waals surface area contributed by atoms with Crippen LogP contribution in [0.1, 0.15) is 26.2 Å². The van der Waals surface area contributed by atoms with Gasteiger partial charge in [-0.2, -0.15) is 0 Å². The molecule has 0 aromatic heterocycles. The monoisotopic (exact) mass is 142 g/mol. The summed E-state index contributed by atoms with van der Waals surface area (Å²) in [6, 6.07) is 0.423. The van der Waals surface area contributed by atoms with E-state index >= 15 is 0 Å². The van der Waals surface area contributed by atoms with Crippen LogP contribution in [0.5, 0.6) is 0 Å². The minimum Gasteiger partial charge on any atom is -0.326 e. The van der Waals surface area contributed by atoms with E-state index in [0.717, 1.165) is 19.0 Å². The third-order valence-electron chi connectivity index (χ3n) is 2.03. The second-order valence-corrected chi connectivity index (χ2v) is 3.21. The van der Waals surface area contributed by atoms with Crippen LogP contribution in [-0.4, -0.2) is 19.1 Å². The molecule has 1 fully saturated rings. The highest BCUT2D eigenvalue weighted by molar-refractivity contribution is 4.84. The van der Waals surface area contributed by atoms with Crippen molar-refractivity contribution in [3.63, 3.8) is 0 Å². The lowest BCUT2D eigenvalue weighted by Crippen LogP contribution is -2.35. The summed E-state index contributed by atoms with van der Waals surface area (Å²) in [4.78, 5) is 0. The molecular weight excluding hydrogens is 124 g/mol. The predicted molar refractivity (Wildman–Crippen MR) is 43.9 cm³/mol. The molecular formula is C8H18N2. The number of hydrogen-bond acceptors (Lipinski definition) is 2. The highest BCUT2D eigenvalue weighted by Crippen LogP contribution is 2.31. The molecule has 0 heterocycles. The minimum absolute atomic E-state index is 0.423. The number of nitrogens with one attached hydrogen (secondary N) is 1. The molecule has 2 nitrogen and oxygen atoms in total. The molecule has 1 atom stereocenters. The summed E-state index contributed by atoms with van der Waals surface area (Å²) in [5.41, 5.74) is 5.86. The Kier molecular flexibility index (Phi) is 3.16. The Morgan fingerprint density at radius 3 is 2.80 bits per heavy atom. The van der Waals surface area contributed by atoms with Gasteiger partial charge in [-0.15, -0.1) is 0 Å². The lowest BCUT2D eigenvalue weighted by molar-refractivity contribution is 0.528. The molecule has 2 heteroatoms. The molecule has 0 bridgehead atoms. The van der Waals surface area contributed by atoms with Crippen molar-refractivity contribution in [1.29, 1.82) is 0 Å². The quantitative estimate of drug-likeness (QED) is 0.555. The first-order valence-electron chi connectivity index (χ1n) is 4.31. The van der Waals surface area contributed by atoms with Crippen molar-refractivity contribution in [2.24, 2.45) is 11.7 Å². The van der Waals surface area contributed by atoms with Gasteiger partial charge in [-0.25, -0.2) is 0 Å². The third-order valence-corrected chi connectivity index (χ3v) is 2.03. The summed E-state index contributed by atoms with van der Waals surface area (Å²) in [6.45, 7) is 4.30. The van der Waals surface area contributed by atoms with E-state index in [1.807, 2.05) is 0 Å². The van der Waals surface area contributed by atoms with Crippen molar-refractivity contribution in [1.82, 2.24) is 5.32 Å². The Labute approximate surface area is 63.2 Å². The van der Waals surface area contributed by atoms with Crippen LogP contribution < -0.4 is 11.1 Å². The fourth-order valence-electron chi connectivity index (χ4n) is 1.14. The summed E-state index contributed by atoms with van der Waals surface area (Å²) < 4.78 is 0. The third kappa shape index (κ3) is 2.67. The number of rotatable bonds is 5. The summed E-state index contributed by atoms with van der Waals surface area (Å²) in [6.07, 6.45) is 3.92. The zero-order valence-electron chi connectivity index (χ0n) is 6.77. The Bertz CT molecular complexity index is 89.3. The van der Waals surface area contributed by atoms with E-state index in [2.05, 4.69) is 12.2 Å². The lowest BCUT2D eigenvalue weighted by Gasteiger charge is -2.09. The van der Waals surface area contributed by atoms with E-state index in [1.165, 1.54) is 19.3 Å². The van der Waals surface area contributed by atoms with Gasteiger partial charge in [-0.1, -0.05) is 6.92 Å². The topological polar surface area (TPSA) is 38.0 Å². The molecule has 10 heavy (non-hydrogen) atoms. The zero-order chi connectivity index (χ0) is 7.40. The molecule has 60 valence electrons. The van der Waals surface area contributed by atoms with E-state index in [1.54, 1.807) is 0 Å². The second-order valence-electron chi connectivity index (χ2n) is 3.21. The highest BCUT2D eigenvalue weighted by Gasteiger charge is 2.27. The Balaban J connectivity index is 1.90. The number of nitrogens with two attached hydrogens (primary N) is 1. The average molecular weight is 142 g/mol. The van der Waals surface area contributed by atoms with Gasteiger partial charge in [0.2, 0.25) is 0 Å². The molecule has 1 unspecified atom stereocenters. The largest absolute Gasteiger partial charge is 0.326 e. The Morgan fingerprint density at radius 1 is 1.60 bits per heavy atom. The van der Waals surface area contributed by atoms with Crippen LogP contribution in [0.2, 0.25) is 0 Å². The van der Waals surface area contributed by atoms with Crippen LogP contribution in [0.15, 0.2) is 0 Å². The molecule has 0 radical (unpaired) electrons. The summed E-state index contributed by atoms with van der Waals surface area (Å²) >= 11 is 0. The molecule has 0 spiro atoms. The van der Waals surface area contributed by atoms with Gasteiger partial charge in [-0.05, 0) is 31.7 Å². The van der Waals surface area contributed by atoms with E-state index in [0.29, 0.717) is 6.04 Å². The fourth-order valence-corrected chi connectivity index (χ4v) is 1.14. The van der Waals surface area contributed by atoms with Crippen molar-refractivity contribution >= 4 is 0 Å². The smallest absolute Gasteiger partial charge is 0.0193 e. The fraction of sp³-hybridized carbons (Fsp3) is 1.00. The predicted octanol–water partition coefficient (Wildman–Crippen LogP) is 0.723. The number of hydrogen-bond donors (Lipinski definition) is 2. The summed E-state index contributed by atoms with van der Waals surface area (Å²) in [5, 5.41) is 3.33. The average Bonchev–Trinajstić information content (AvgIpc) is 2.69. The summed E-state index contributed by atoms with van der Waals surface area (Å²) in [5.74, 6) is 0.837. The Hall–Kier alpha value is -0.0800. The van der Waals surface area contributed by atoms with Crippen molar-refractivity contribution in [2.45, 2.75) is 32.2 Å². The van der Waals surface area contributed by atoms with Crippen LogP contribution in [0.3, 0.4) is 0 Å². The van der Waals surface area contributed by atoms with Crippen LogP contribution in [0.4, 0.5) is 0 Å². The molecule has 0 aromatic rings. The summed E-state index contributed by atoms with van der Waals surface area (Å²) in [7, 11) is 0. The normalized spacial score (nSPS) is 21.0. The van der Waals surface area contributed by atoms with Crippen molar-refractivity contribution in [3.8, 4) is 0 Å². The van der Waals surface area contributed by atoms with E-state index < -0.39 is 0 Å². The van der Waals surface area contributed by atoms with E-state index in [4.69, 9.17) is 5.73 Å². The molecule has 0 amide bonds. The molecule has 3 N–H and O–H groups in total. The van der Waals surface area contributed by atoms with Crippen molar-refractivity contribution in [3.05, 3.63) is 0 Å². The van der Waals surface area contributed by atoms with Gasteiger partial charge in [0.15, 0.2) is 0 Å². The van der Waals surface area contributed by atoms with Gasteiger partial charge in [0.05, 0.1) is 0 Å². The van der Waals surface area contributed by atoms with Gasteiger partial charge < -0.3 is 11.1 Å². The molecule has 0 aliphatic heterocycles. The maximum Gasteiger partial charge on any atom is 0.0193 e. The second kappa shape index (κ2) is 3.94. The van der Waals surface area contributed by atoms with Gasteiger partial charge in [0.1, 0.15) is 0 Å². The molecule has 1 aliphatic carbocycles. The van der Waals surface area contributed by atoms with Gasteiger partial charge in [0, 0.05) is 12.6 Å². The maximum atomic E-state index is 5.86.